The van der Waals surface area contributed by atoms with Gasteiger partial charge in [-0.05, 0) is 72.6 Å². The summed E-state index contributed by atoms with van der Waals surface area (Å²) in [6, 6.07) is 18.9. The van der Waals surface area contributed by atoms with Crippen molar-refractivity contribution in [3.8, 4) is 17.2 Å². The number of nitrogens with zero attached hydrogens (tertiary/aromatic N) is 1. The molecule has 0 bridgehead atoms. The highest BCUT2D eigenvalue weighted by atomic mass is 35.5. The molecule has 11 heteroatoms. The van der Waals surface area contributed by atoms with Gasteiger partial charge >= 0.3 is 5.97 Å². The lowest BCUT2D eigenvalue weighted by atomic mass is 9.72. The van der Waals surface area contributed by atoms with Gasteiger partial charge in [0.2, 0.25) is 6.79 Å². The summed E-state index contributed by atoms with van der Waals surface area (Å²) in [5, 5.41) is 11.0. The molecular weight excluding hydrogens is 597 g/mol. The summed E-state index contributed by atoms with van der Waals surface area (Å²) in [6.45, 7) is 1.41. The predicted octanol–water partition coefficient (Wildman–Crippen LogP) is 6.60. The van der Waals surface area contributed by atoms with Crippen LogP contribution >= 0.6 is 22.9 Å². The number of carboxylic acid groups (broad SMARTS) is 1. The Bertz CT molecular complexity index is 1760. The fourth-order valence-corrected chi connectivity index (χ4v) is 7.22. The quantitative estimate of drug-likeness (QED) is 0.232. The molecule has 6 rings (SSSR count). The Kier molecular flexibility index (Phi) is 7.35. The normalized spacial score (nSPS) is 22.4. The molecule has 1 amide bonds. The number of methoxy groups -OCH3 is 1. The van der Waals surface area contributed by atoms with E-state index in [0.717, 1.165) is 17.4 Å². The SMILES string of the molecule is COc1cccc(C2C(C(=O)c3ccc(Cl)s3)C(c3ccc4c(c3)OCO4)N(C(=O)c3cccc(F)c3)C2(C)C(=O)O)c1. The zero-order valence-electron chi connectivity index (χ0n) is 23.0. The Hall–Kier alpha value is -4.41. The van der Waals surface area contributed by atoms with E-state index in [1.54, 1.807) is 54.6 Å². The number of amides is 1. The lowest BCUT2D eigenvalue weighted by Gasteiger charge is -2.38. The van der Waals surface area contributed by atoms with Crippen LogP contribution in [0.3, 0.4) is 0 Å². The van der Waals surface area contributed by atoms with Crippen molar-refractivity contribution < 1.29 is 38.1 Å². The third kappa shape index (κ3) is 4.80. The molecule has 3 heterocycles. The molecular formula is C32H25ClFNO7S. The molecule has 1 aromatic heterocycles. The van der Waals surface area contributed by atoms with Crippen LogP contribution in [0.4, 0.5) is 4.39 Å². The zero-order chi connectivity index (χ0) is 30.5. The molecule has 4 atom stereocenters. The van der Waals surface area contributed by atoms with Crippen molar-refractivity contribution in [3.05, 3.63) is 111 Å². The average Bonchev–Trinajstić information content (AvgIpc) is 3.72. The summed E-state index contributed by atoms with van der Waals surface area (Å²) in [6.07, 6.45) is 0. The van der Waals surface area contributed by atoms with E-state index in [1.807, 2.05) is 0 Å². The van der Waals surface area contributed by atoms with Gasteiger partial charge in [0.1, 0.15) is 17.1 Å². The highest BCUT2D eigenvalue weighted by Gasteiger charge is 2.65. The maximum absolute atomic E-state index is 14.6. The van der Waals surface area contributed by atoms with Gasteiger partial charge in [0, 0.05) is 11.5 Å². The molecule has 1 N–H and O–H groups in total. The second-order valence-corrected chi connectivity index (χ2v) is 12.2. The molecule has 43 heavy (non-hydrogen) atoms. The van der Waals surface area contributed by atoms with Gasteiger partial charge in [0.05, 0.1) is 28.3 Å². The van der Waals surface area contributed by atoms with Crippen molar-refractivity contribution in [3.63, 3.8) is 0 Å². The summed E-state index contributed by atoms with van der Waals surface area (Å²) in [7, 11) is 1.48. The minimum atomic E-state index is -1.99. The van der Waals surface area contributed by atoms with Crippen LogP contribution in [0.25, 0.3) is 0 Å². The molecule has 2 aliphatic rings. The first-order chi connectivity index (χ1) is 20.6. The van der Waals surface area contributed by atoms with E-state index < -0.39 is 46.9 Å². The summed E-state index contributed by atoms with van der Waals surface area (Å²) in [4.78, 5) is 44.0. The summed E-state index contributed by atoms with van der Waals surface area (Å²) < 4.78 is 31.3. The largest absolute Gasteiger partial charge is 0.497 e. The van der Waals surface area contributed by atoms with Gasteiger partial charge in [0.15, 0.2) is 17.3 Å². The molecule has 1 saturated heterocycles. The van der Waals surface area contributed by atoms with Crippen LogP contribution in [0.1, 0.15) is 50.0 Å². The lowest BCUT2D eigenvalue weighted by molar-refractivity contribution is -0.148. The number of aliphatic carboxylic acids is 1. The molecule has 0 radical (unpaired) electrons. The highest BCUT2D eigenvalue weighted by molar-refractivity contribution is 7.18. The Labute approximate surface area is 255 Å². The zero-order valence-corrected chi connectivity index (χ0v) is 24.5. The van der Waals surface area contributed by atoms with E-state index in [1.165, 1.54) is 37.1 Å². The van der Waals surface area contributed by atoms with Gasteiger partial charge in [-0.25, -0.2) is 9.18 Å². The van der Waals surface area contributed by atoms with Crippen LogP contribution in [-0.2, 0) is 4.79 Å². The molecule has 1 fully saturated rings. The number of ether oxygens (including phenoxy) is 3. The number of halogens is 2. The van der Waals surface area contributed by atoms with Crippen LogP contribution in [-0.4, -0.2) is 47.1 Å². The van der Waals surface area contributed by atoms with Crippen molar-refractivity contribution in [2.75, 3.05) is 13.9 Å². The molecule has 220 valence electrons. The van der Waals surface area contributed by atoms with Gasteiger partial charge in [-0.2, -0.15) is 0 Å². The number of carboxylic acids is 1. The van der Waals surface area contributed by atoms with E-state index in [9.17, 15) is 23.9 Å². The average molecular weight is 622 g/mol. The number of ketones is 1. The highest BCUT2D eigenvalue weighted by Crippen LogP contribution is 2.58. The van der Waals surface area contributed by atoms with E-state index in [0.29, 0.717) is 37.6 Å². The number of carbonyl (C=O) groups excluding carboxylic acids is 2. The second kappa shape index (κ2) is 11.0. The van der Waals surface area contributed by atoms with E-state index >= 15 is 0 Å². The number of hydrogen-bond acceptors (Lipinski definition) is 7. The van der Waals surface area contributed by atoms with Crippen molar-refractivity contribution in [2.24, 2.45) is 5.92 Å². The number of thiophene rings is 1. The van der Waals surface area contributed by atoms with E-state index in [4.69, 9.17) is 25.8 Å². The molecule has 4 unspecified atom stereocenters. The topological polar surface area (TPSA) is 102 Å². The monoisotopic (exact) mass is 621 g/mol. The molecule has 0 aliphatic carbocycles. The van der Waals surface area contributed by atoms with Crippen LogP contribution in [0.15, 0.2) is 78.9 Å². The Morgan fingerprint density at radius 3 is 2.47 bits per heavy atom. The molecule has 8 nitrogen and oxygen atoms in total. The summed E-state index contributed by atoms with van der Waals surface area (Å²) in [5.41, 5.74) is -1.12. The third-order valence-electron chi connectivity index (χ3n) is 8.12. The standard InChI is InChI=1S/C32H25ClFNO7S/c1-32(31(38)39)27(17-5-4-8-21(14-17)40-2)26(29(36)24-11-12-25(33)43-24)28(18-9-10-22-23(15-18)42-16-41-22)35(32)30(37)19-6-3-7-20(34)13-19/h3-15,26-28H,16H2,1-2H3,(H,38,39). The molecule has 4 aromatic rings. The number of hydrogen-bond donors (Lipinski definition) is 1. The first-order valence-electron chi connectivity index (χ1n) is 13.3. The fraction of sp³-hybridized carbons (Fsp3) is 0.219. The number of benzene rings is 3. The van der Waals surface area contributed by atoms with Crippen LogP contribution in [0, 0.1) is 11.7 Å². The number of Topliss-reactive ketones (excluding diaryl/α,β-unsaturated/α-hetero) is 1. The molecule has 0 spiro atoms. The number of fused-ring (bicyclic) bond motifs is 1. The van der Waals surface area contributed by atoms with Gasteiger partial charge in [-0.3, -0.25) is 9.59 Å². The minimum absolute atomic E-state index is 0.00921. The van der Waals surface area contributed by atoms with Crippen molar-refractivity contribution in [1.82, 2.24) is 4.90 Å². The van der Waals surface area contributed by atoms with E-state index in [2.05, 4.69) is 0 Å². The van der Waals surface area contributed by atoms with Crippen molar-refractivity contribution in [2.45, 2.75) is 24.4 Å². The van der Waals surface area contributed by atoms with Crippen molar-refractivity contribution >= 4 is 40.6 Å². The van der Waals surface area contributed by atoms with Gasteiger partial charge in [-0.15, -0.1) is 11.3 Å². The molecule has 0 saturated carbocycles. The van der Waals surface area contributed by atoms with Crippen molar-refractivity contribution in [1.29, 1.82) is 0 Å². The van der Waals surface area contributed by atoms with Gasteiger partial charge < -0.3 is 24.2 Å². The summed E-state index contributed by atoms with van der Waals surface area (Å²) in [5.74, 6) is -4.01. The third-order valence-corrected chi connectivity index (χ3v) is 9.36. The van der Waals surface area contributed by atoms with E-state index in [-0.39, 0.29) is 12.4 Å². The Morgan fingerprint density at radius 2 is 1.77 bits per heavy atom. The van der Waals surface area contributed by atoms with Crippen LogP contribution < -0.4 is 14.2 Å². The smallest absolute Gasteiger partial charge is 0.330 e. The Balaban J connectivity index is 1.65. The number of likely N-dealkylation sites (tertiary alicyclic amines) is 1. The van der Waals surface area contributed by atoms with Gasteiger partial charge in [0.25, 0.3) is 5.91 Å². The second-order valence-electron chi connectivity index (χ2n) is 10.4. The summed E-state index contributed by atoms with van der Waals surface area (Å²) >= 11 is 7.29. The number of carbonyl (C=O) groups is 3. The Morgan fingerprint density at radius 1 is 1.00 bits per heavy atom. The van der Waals surface area contributed by atoms with Gasteiger partial charge in [-0.1, -0.05) is 35.9 Å². The maximum Gasteiger partial charge on any atom is 0.330 e. The maximum atomic E-state index is 14.6. The first-order valence-corrected chi connectivity index (χ1v) is 14.5. The lowest BCUT2D eigenvalue weighted by Crippen LogP contribution is -2.54. The minimum Gasteiger partial charge on any atom is -0.497 e. The molecule has 2 aliphatic heterocycles. The first kappa shape index (κ1) is 28.7. The van der Waals surface area contributed by atoms with Crippen LogP contribution in [0.5, 0.6) is 17.2 Å². The number of rotatable bonds is 7. The predicted molar refractivity (Wildman–Crippen MR) is 157 cm³/mol. The van der Waals surface area contributed by atoms with Crippen LogP contribution in [0.2, 0.25) is 4.34 Å². The fourth-order valence-electron chi connectivity index (χ4n) is 6.19. The molecule has 3 aromatic carbocycles.